The van der Waals surface area contributed by atoms with Gasteiger partial charge >= 0.3 is 5.97 Å². The summed E-state index contributed by atoms with van der Waals surface area (Å²) in [6.07, 6.45) is -0.945. The zero-order valence-electron chi connectivity index (χ0n) is 15.3. The fourth-order valence-electron chi connectivity index (χ4n) is 2.34. The van der Waals surface area contributed by atoms with Crippen molar-refractivity contribution in [1.82, 2.24) is 5.32 Å². The van der Waals surface area contributed by atoms with Crippen molar-refractivity contribution in [3.8, 4) is 0 Å². The van der Waals surface area contributed by atoms with Gasteiger partial charge in [0.05, 0.1) is 11.6 Å². The van der Waals surface area contributed by atoms with E-state index in [1.54, 1.807) is 43.3 Å². The van der Waals surface area contributed by atoms with Gasteiger partial charge in [0.2, 0.25) is 0 Å². The summed E-state index contributed by atoms with van der Waals surface area (Å²) in [7, 11) is 3.81. The van der Waals surface area contributed by atoms with Gasteiger partial charge in [0, 0.05) is 19.8 Å². The topological polar surface area (TPSA) is 58.6 Å². The standard InChI is InChI=1S/C20H23FN2O3/c1-13(15-5-9-17(21)10-6-15)22-19(24)14(2)26-20(25)16-7-11-18(12-8-16)23(3)4/h5-14H,1-4H3,(H,22,24)/t13-,14-/m1/s1. The van der Waals surface area contributed by atoms with Gasteiger partial charge in [-0.3, -0.25) is 4.79 Å². The van der Waals surface area contributed by atoms with Crippen LogP contribution in [0.2, 0.25) is 0 Å². The second-order valence-corrected chi connectivity index (χ2v) is 6.27. The second kappa shape index (κ2) is 8.47. The molecule has 0 saturated carbocycles. The normalized spacial score (nSPS) is 12.8. The molecule has 0 spiro atoms. The lowest BCUT2D eigenvalue weighted by molar-refractivity contribution is -0.129. The van der Waals surface area contributed by atoms with Crippen LogP contribution in [0.5, 0.6) is 0 Å². The molecule has 2 atom stereocenters. The largest absolute Gasteiger partial charge is 0.449 e. The molecule has 0 saturated heterocycles. The Morgan fingerprint density at radius 1 is 1.00 bits per heavy atom. The van der Waals surface area contributed by atoms with E-state index in [2.05, 4.69) is 5.32 Å². The van der Waals surface area contributed by atoms with Crippen LogP contribution in [0.25, 0.3) is 0 Å². The van der Waals surface area contributed by atoms with Crippen molar-refractivity contribution in [3.05, 3.63) is 65.5 Å². The van der Waals surface area contributed by atoms with Crippen molar-refractivity contribution in [2.75, 3.05) is 19.0 Å². The van der Waals surface area contributed by atoms with E-state index in [4.69, 9.17) is 4.74 Å². The van der Waals surface area contributed by atoms with E-state index in [-0.39, 0.29) is 11.9 Å². The summed E-state index contributed by atoms with van der Waals surface area (Å²) in [5.74, 6) is -1.32. The average Bonchev–Trinajstić information content (AvgIpc) is 2.62. The van der Waals surface area contributed by atoms with Crippen molar-refractivity contribution in [1.29, 1.82) is 0 Å². The highest BCUT2D eigenvalue weighted by Crippen LogP contribution is 2.15. The molecule has 2 aromatic carbocycles. The Hall–Kier alpha value is -2.89. The molecule has 5 nitrogen and oxygen atoms in total. The summed E-state index contributed by atoms with van der Waals surface area (Å²) in [5, 5.41) is 2.75. The quantitative estimate of drug-likeness (QED) is 0.805. The van der Waals surface area contributed by atoms with Gasteiger partial charge in [0.25, 0.3) is 5.91 Å². The number of anilines is 1. The minimum Gasteiger partial charge on any atom is -0.449 e. The number of nitrogens with one attached hydrogen (secondary N) is 1. The summed E-state index contributed by atoms with van der Waals surface area (Å²) in [5.41, 5.74) is 2.10. The number of nitrogens with zero attached hydrogens (tertiary/aromatic N) is 1. The van der Waals surface area contributed by atoms with Crippen LogP contribution in [0.15, 0.2) is 48.5 Å². The van der Waals surface area contributed by atoms with Gasteiger partial charge in [-0.1, -0.05) is 12.1 Å². The molecule has 6 heteroatoms. The maximum atomic E-state index is 13.0. The highest BCUT2D eigenvalue weighted by Gasteiger charge is 2.21. The predicted molar refractivity (Wildman–Crippen MR) is 98.6 cm³/mol. The summed E-state index contributed by atoms with van der Waals surface area (Å²) >= 11 is 0. The van der Waals surface area contributed by atoms with Gasteiger partial charge in [-0.05, 0) is 55.8 Å². The summed E-state index contributed by atoms with van der Waals surface area (Å²) in [6, 6.07) is 12.5. The highest BCUT2D eigenvalue weighted by atomic mass is 19.1. The molecule has 0 fully saturated rings. The maximum absolute atomic E-state index is 13.0. The van der Waals surface area contributed by atoms with Gasteiger partial charge in [0.15, 0.2) is 6.10 Å². The van der Waals surface area contributed by atoms with Crippen LogP contribution in [0, 0.1) is 5.82 Å². The summed E-state index contributed by atoms with van der Waals surface area (Å²) in [6.45, 7) is 3.29. The molecule has 26 heavy (non-hydrogen) atoms. The molecule has 138 valence electrons. The number of amides is 1. The van der Waals surface area contributed by atoms with Crippen LogP contribution < -0.4 is 10.2 Å². The first-order valence-electron chi connectivity index (χ1n) is 8.32. The van der Waals surface area contributed by atoms with Crippen LogP contribution in [0.3, 0.4) is 0 Å². The zero-order valence-corrected chi connectivity index (χ0v) is 15.3. The number of carbonyl (C=O) groups is 2. The molecule has 0 aliphatic rings. The number of hydrogen-bond acceptors (Lipinski definition) is 4. The fourth-order valence-corrected chi connectivity index (χ4v) is 2.34. The monoisotopic (exact) mass is 358 g/mol. The summed E-state index contributed by atoms with van der Waals surface area (Å²) < 4.78 is 18.2. The summed E-state index contributed by atoms with van der Waals surface area (Å²) in [4.78, 5) is 26.3. The molecule has 0 aromatic heterocycles. The lowest BCUT2D eigenvalue weighted by Crippen LogP contribution is -2.37. The smallest absolute Gasteiger partial charge is 0.338 e. The van der Waals surface area contributed by atoms with Crippen molar-refractivity contribution < 1.29 is 18.7 Å². The van der Waals surface area contributed by atoms with Crippen molar-refractivity contribution >= 4 is 17.6 Å². The Labute approximate surface area is 152 Å². The van der Waals surface area contributed by atoms with Gasteiger partial charge in [-0.2, -0.15) is 0 Å². The number of hydrogen-bond donors (Lipinski definition) is 1. The molecule has 0 heterocycles. The Balaban J connectivity index is 1.93. The molecule has 1 amide bonds. The Morgan fingerprint density at radius 2 is 1.58 bits per heavy atom. The van der Waals surface area contributed by atoms with Crippen LogP contribution in [-0.2, 0) is 9.53 Å². The van der Waals surface area contributed by atoms with Crippen molar-refractivity contribution in [2.45, 2.75) is 26.0 Å². The number of halogens is 1. The third kappa shape index (κ3) is 5.05. The molecular formula is C20H23FN2O3. The average molecular weight is 358 g/mol. The van der Waals surface area contributed by atoms with Crippen LogP contribution in [0.4, 0.5) is 10.1 Å². The van der Waals surface area contributed by atoms with E-state index in [1.165, 1.54) is 19.1 Å². The highest BCUT2D eigenvalue weighted by molar-refractivity contribution is 5.92. The van der Waals surface area contributed by atoms with E-state index < -0.39 is 18.0 Å². The van der Waals surface area contributed by atoms with Gasteiger partial charge < -0.3 is 15.0 Å². The third-order valence-corrected chi connectivity index (χ3v) is 4.00. The molecule has 0 aliphatic carbocycles. The Morgan fingerprint density at radius 3 is 2.12 bits per heavy atom. The zero-order chi connectivity index (χ0) is 19.3. The number of carbonyl (C=O) groups excluding carboxylic acids is 2. The molecule has 2 rings (SSSR count). The molecule has 0 bridgehead atoms. The molecule has 0 unspecified atom stereocenters. The van der Waals surface area contributed by atoms with Gasteiger partial charge in [-0.15, -0.1) is 0 Å². The first kappa shape index (κ1) is 19.4. The number of ether oxygens (including phenoxy) is 1. The second-order valence-electron chi connectivity index (χ2n) is 6.27. The maximum Gasteiger partial charge on any atom is 0.338 e. The van der Waals surface area contributed by atoms with E-state index in [0.29, 0.717) is 5.56 Å². The first-order valence-corrected chi connectivity index (χ1v) is 8.32. The minimum atomic E-state index is -0.945. The van der Waals surface area contributed by atoms with E-state index >= 15 is 0 Å². The van der Waals surface area contributed by atoms with E-state index in [0.717, 1.165) is 11.3 Å². The molecule has 2 aromatic rings. The number of rotatable bonds is 6. The predicted octanol–water partition coefficient (Wildman–Crippen LogP) is 3.31. The lowest BCUT2D eigenvalue weighted by Gasteiger charge is -2.18. The van der Waals surface area contributed by atoms with E-state index in [1.807, 2.05) is 19.0 Å². The number of benzene rings is 2. The van der Waals surface area contributed by atoms with Crippen molar-refractivity contribution in [3.63, 3.8) is 0 Å². The molecule has 1 N–H and O–H groups in total. The minimum absolute atomic E-state index is 0.330. The van der Waals surface area contributed by atoms with E-state index in [9.17, 15) is 14.0 Å². The molecule has 0 aliphatic heterocycles. The third-order valence-electron chi connectivity index (χ3n) is 4.00. The van der Waals surface area contributed by atoms with Crippen LogP contribution in [0.1, 0.15) is 35.8 Å². The fraction of sp³-hybridized carbons (Fsp3) is 0.300. The van der Waals surface area contributed by atoms with Crippen LogP contribution in [-0.4, -0.2) is 32.1 Å². The Kier molecular flexibility index (Phi) is 6.33. The SMILES string of the molecule is C[C@@H](OC(=O)c1ccc(N(C)C)cc1)C(=O)N[C@H](C)c1ccc(F)cc1. The first-order chi connectivity index (χ1) is 12.3. The Bertz CT molecular complexity index is 758. The molecular weight excluding hydrogens is 335 g/mol. The van der Waals surface area contributed by atoms with Gasteiger partial charge in [0.1, 0.15) is 5.82 Å². The number of esters is 1. The molecule has 0 radical (unpaired) electrons. The lowest BCUT2D eigenvalue weighted by atomic mass is 10.1. The van der Waals surface area contributed by atoms with Crippen molar-refractivity contribution in [2.24, 2.45) is 0 Å². The van der Waals surface area contributed by atoms with Crippen LogP contribution >= 0.6 is 0 Å². The van der Waals surface area contributed by atoms with Gasteiger partial charge in [-0.25, -0.2) is 9.18 Å².